The molecule has 1 aliphatic heterocycles. The number of cyclic esters (lactones) is 1. The summed E-state index contributed by atoms with van der Waals surface area (Å²) < 4.78 is 23.3. The van der Waals surface area contributed by atoms with Crippen molar-refractivity contribution in [3.8, 4) is 0 Å². The van der Waals surface area contributed by atoms with Crippen molar-refractivity contribution in [3.05, 3.63) is 35.6 Å². The Labute approximate surface area is 122 Å². The van der Waals surface area contributed by atoms with Gasteiger partial charge in [0.25, 0.3) is 0 Å². The second-order valence-corrected chi connectivity index (χ2v) is 5.65. The van der Waals surface area contributed by atoms with Gasteiger partial charge in [-0.1, -0.05) is 25.0 Å². The van der Waals surface area contributed by atoms with E-state index in [1.807, 2.05) is 0 Å². The van der Waals surface area contributed by atoms with E-state index in [1.165, 1.54) is 12.1 Å². The largest absolute Gasteiger partial charge is 0.463 e. The van der Waals surface area contributed by atoms with E-state index in [1.54, 1.807) is 12.1 Å². The molecule has 1 aromatic rings. The average Bonchev–Trinajstić information content (AvgIpc) is 3.10. The number of carbonyl (C=O) groups excluding carboxylic acids is 2. The first kappa shape index (κ1) is 14.0. The Morgan fingerprint density at radius 3 is 2.48 bits per heavy atom. The molecule has 3 rings (SSSR count). The Kier molecular flexibility index (Phi) is 3.66. The van der Waals surface area contributed by atoms with Crippen molar-refractivity contribution in [2.75, 3.05) is 6.61 Å². The molecular weight excluding hydrogens is 275 g/mol. The van der Waals surface area contributed by atoms with E-state index in [-0.39, 0.29) is 5.82 Å². The summed E-state index contributed by atoms with van der Waals surface area (Å²) in [4.78, 5) is 24.1. The molecule has 1 heterocycles. The highest BCUT2D eigenvalue weighted by molar-refractivity contribution is 5.87. The zero-order valence-corrected chi connectivity index (χ0v) is 11.6. The maximum atomic E-state index is 13.1. The first-order chi connectivity index (χ1) is 10.1. The lowest BCUT2D eigenvalue weighted by Crippen LogP contribution is -2.38. The van der Waals surface area contributed by atoms with Crippen LogP contribution < -0.4 is 0 Å². The molecule has 0 spiro atoms. The van der Waals surface area contributed by atoms with Gasteiger partial charge in [0, 0.05) is 6.42 Å². The zero-order chi connectivity index (χ0) is 14.9. The molecule has 0 radical (unpaired) electrons. The Hall–Kier alpha value is -1.91. The first-order valence-corrected chi connectivity index (χ1v) is 7.26. The van der Waals surface area contributed by atoms with Crippen molar-refractivity contribution in [3.63, 3.8) is 0 Å². The summed E-state index contributed by atoms with van der Waals surface area (Å²) in [5, 5.41) is 0. The van der Waals surface area contributed by atoms with Gasteiger partial charge in [0.1, 0.15) is 5.82 Å². The maximum absolute atomic E-state index is 13.1. The van der Waals surface area contributed by atoms with Crippen LogP contribution in [0, 0.1) is 5.82 Å². The summed E-state index contributed by atoms with van der Waals surface area (Å²) in [5.74, 6) is -1.20. The molecule has 21 heavy (non-hydrogen) atoms. The summed E-state index contributed by atoms with van der Waals surface area (Å²) in [6.07, 6.45) is 2.78. The molecule has 0 bridgehead atoms. The lowest BCUT2D eigenvalue weighted by atomic mass is 9.79. The van der Waals surface area contributed by atoms with Gasteiger partial charge in [0.05, 0.1) is 12.0 Å². The molecule has 2 aliphatic rings. The molecule has 0 amide bonds. The molecule has 1 atom stereocenters. The summed E-state index contributed by atoms with van der Waals surface area (Å²) in [6, 6.07) is 5.97. The fourth-order valence-corrected chi connectivity index (χ4v) is 3.18. The topological polar surface area (TPSA) is 52.6 Å². The molecule has 5 heteroatoms. The third-order valence-electron chi connectivity index (χ3n) is 4.38. The van der Waals surface area contributed by atoms with Crippen LogP contribution in [0.5, 0.6) is 0 Å². The quantitative estimate of drug-likeness (QED) is 0.803. The van der Waals surface area contributed by atoms with Crippen molar-refractivity contribution in [1.29, 1.82) is 0 Å². The molecule has 0 aromatic heterocycles. The molecule has 1 aliphatic carbocycles. The van der Waals surface area contributed by atoms with E-state index in [0.717, 1.165) is 18.4 Å². The Morgan fingerprint density at radius 1 is 1.24 bits per heavy atom. The normalized spacial score (nSPS) is 23.9. The van der Waals surface area contributed by atoms with Crippen LogP contribution in [0.2, 0.25) is 0 Å². The van der Waals surface area contributed by atoms with E-state index >= 15 is 0 Å². The Bertz CT molecular complexity index is 546. The van der Waals surface area contributed by atoms with Gasteiger partial charge < -0.3 is 9.47 Å². The molecular formula is C16H17FO4. The second kappa shape index (κ2) is 5.47. The zero-order valence-electron chi connectivity index (χ0n) is 11.6. The van der Waals surface area contributed by atoms with Crippen molar-refractivity contribution in [1.82, 2.24) is 0 Å². The van der Waals surface area contributed by atoms with Crippen LogP contribution in [0.1, 0.15) is 37.7 Å². The monoisotopic (exact) mass is 292 g/mol. The molecule has 1 saturated carbocycles. The fraction of sp³-hybridized carbons (Fsp3) is 0.500. The third kappa shape index (κ3) is 2.52. The first-order valence-electron chi connectivity index (χ1n) is 7.26. The molecule has 1 saturated heterocycles. The summed E-state index contributed by atoms with van der Waals surface area (Å²) in [6.45, 7) is 0.292. The predicted molar refractivity (Wildman–Crippen MR) is 72.0 cm³/mol. The number of esters is 2. The van der Waals surface area contributed by atoms with Gasteiger partial charge in [-0.3, -0.25) is 4.79 Å². The molecule has 0 unspecified atom stereocenters. The molecule has 2 fully saturated rings. The highest BCUT2D eigenvalue weighted by Crippen LogP contribution is 2.42. The van der Waals surface area contributed by atoms with Gasteiger partial charge in [-0.05, 0) is 30.5 Å². The highest BCUT2D eigenvalue weighted by Gasteiger charge is 2.46. The SMILES string of the molecule is O=C1OCC[C@H]1OC(=O)C1(c2ccc(F)cc2)CCCC1. The minimum atomic E-state index is -0.796. The number of hydrogen-bond donors (Lipinski definition) is 0. The van der Waals surface area contributed by atoms with Crippen molar-refractivity contribution >= 4 is 11.9 Å². The molecule has 4 nitrogen and oxygen atoms in total. The van der Waals surface area contributed by atoms with Crippen LogP contribution in [0.25, 0.3) is 0 Å². The predicted octanol–water partition coefficient (Wildman–Crippen LogP) is 2.50. The van der Waals surface area contributed by atoms with Gasteiger partial charge in [-0.15, -0.1) is 0 Å². The van der Waals surface area contributed by atoms with Crippen LogP contribution in [0.4, 0.5) is 4.39 Å². The maximum Gasteiger partial charge on any atom is 0.347 e. The standard InChI is InChI=1S/C16H17FO4/c17-12-5-3-11(4-6-12)16(8-1-2-9-16)15(19)21-13-7-10-20-14(13)18/h3-6,13H,1-2,7-10H2/t13-/m1/s1. The number of hydrogen-bond acceptors (Lipinski definition) is 4. The van der Waals surface area contributed by atoms with Gasteiger partial charge >= 0.3 is 11.9 Å². The minimum absolute atomic E-state index is 0.292. The summed E-state index contributed by atoms with van der Waals surface area (Å²) in [7, 11) is 0. The third-order valence-corrected chi connectivity index (χ3v) is 4.38. The van der Waals surface area contributed by atoms with Gasteiger partial charge in [-0.2, -0.15) is 0 Å². The van der Waals surface area contributed by atoms with Gasteiger partial charge in [-0.25, -0.2) is 9.18 Å². The van der Waals surface area contributed by atoms with Crippen LogP contribution in [-0.4, -0.2) is 24.6 Å². The average molecular weight is 292 g/mol. The lowest BCUT2D eigenvalue weighted by molar-refractivity contribution is -0.164. The van der Waals surface area contributed by atoms with Crippen molar-refractivity contribution < 1.29 is 23.5 Å². The van der Waals surface area contributed by atoms with E-state index in [2.05, 4.69) is 0 Å². The highest BCUT2D eigenvalue weighted by atomic mass is 19.1. The number of ether oxygens (including phenoxy) is 2. The Morgan fingerprint density at radius 2 is 1.90 bits per heavy atom. The smallest absolute Gasteiger partial charge is 0.347 e. The Balaban J connectivity index is 1.84. The van der Waals surface area contributed by atoms with Gasteiger partial charge in [0.2, 0.25) is 6.10 Å². The van der Waals surface area contributed by atoms with Crippen LogP contribution >= 0.6 is 0 Å². The summed E-state index contributed by atoms with van der Waals surface area (Å²) in [5.41, 5.74) is 0.00842. The number of halogens is 1. The van der Waals surface area contributed by atoms with E-state index in [9.17, 15) is 14.0 Å². The van der Waals surface area contributed by atoms with Gasteiger partial charge in [0.15, 0.2) is 0 Å². The minimum Gasteiger partial charge on any atom is -0.463 e. The summed E-state index contributed by atoms with van der Waals surface area (Å²) >= 11 is 0. The van der Waals surface area contributed by atoms with Crippen molar-refractivity contribution in [2.45, 2.75) is 43.6 Å². The van der Waals surface area contributed by atoms with Crippen LogP contribution in [0.15, 0.2) is 24.3 Å². The lowest BCUT2D eigenvalue weighted by Gasteiger charge is -2.28. The molecule has 112 valence electrons. The number of benzene rings is 1. The van der Waals surface area contributed by atoms with E-state index < -0.39 is 23.5 Å². The van der Waals surface area contributed by atoms with E-state index in [4.69, 9.17) is 9.47 Å². The molecule has 1 aromatic carbocycles. The molecule has 0 N–H and O–H groups in total. The fourth-order valence-electron chi connectivity index (χ4n) is 3.18. The number of carbonyl (C=O) groups is 2. The van der Waals surface area contributed by atoms with Crippen molar-refractivity contribution in [2.24, 2.45) is 0 Å². The van der Waals surface area contributed by atoms with Crippen LogP contribution in [0.3, 0.4) is 0 Å². The van der Waals surface area contributed by atoms with Crippen LogP contribution in [-0.2, 0) is 24.5 Å². The second-order valence-electron chi connectivity index (χ2n) is 5.65. The number of rotatable bonds is 3. The van der Waals surface area contributed by atoms with E-state index in [0.29, 0.717) is 25.9 Å².